The Hall–Kier alpha value is -1.85. The molecule has 27 heavy (non-hydrogen) atoms. The summed E-state index contributed by atoms with van der Waals surface area (Å²) in [6, 6.07) is 14.0. The van der Waals surface area contributed by atoms with Crippen molar-refractivity contribution in [2.24, 2.45) is 0 Å². The van der Waals surface area contributed by atoms with Crippen LogP contribution >= 0.6 is 0 Å². The van der Waals surface area contributed by atoms with E-state index in [4.69, 9.17) is 0 Å². The van der Waals surface area contributed by atoms with Gasteiger partial charge in [-0.2, -0.15) is 13.2 Å². The molecule has 0 radical (unpaired) electrons. The molecule has 5 heteroatoms. The summed E-state index contributed by atoms with van der Waals surface area (Å²) in [6.07, 6.45) is 0.772. The van der Waals surface area contributed by atoms with Crippen molar-refractivity contribution in [1.82, 2.24) is 10.2 Å². The van der Waals surface area contributed by atoms with Gasteiger partial charge in [0.2, 0.25) is 0 Å². The zero-order chi connectivity index (χ0) is 18.9. The van der Waals surface area contributed by atoms with Gasteiger partial charge in [-0.25, -0.2) is 0 Å². The summed E-state index contributed by atoms with van der Waals surface area (Å²) in [7, 11) is 0. The molecular formula is C22H25F3N2. The third-order valence-corrected chi connectivity index (χ3v) is 5.68. The fourth-order valence-electron chi connectivity index (χ4n) is 3.95. The molecule has 2 fully saturated rings. The van der Waals surface area contributed by atoms with Crippen LogP contribution in [-0.4, -0.2) is 30.7 Å². The van der Waals surface area contributed by atoms with Gasteiger partial charge < -0.3 is 5.32 Å². The largest absolute Gasteiger partial charge is 0.416 e. The van der Waals surface area contributed by atoms with Crippen molar-refractivity contribution in [2.75, 3.05) is 19.8 Å². The van der Waals surface area contributed by atoms with Crippen LogP contribution in [-0.2, 0) is 6.18 Å². The molecule has 2 aromatic carbocycles. The highest BCUT2D eigenvalue weighted by atomic mass is 19.4. The zero-order valence-electron chi connectivity index (χ0n) is 15.3. The second kappa shape index (κ2) is 7.64. The molecular weight excluding hydrogens is 349 g/mol. The summed E-state index contributed by atoms with van der Waals surface area (Å²) in [5.41, 5.74) is 2.09. The number of piperidine rings is 1. The van der Waals surface area contributed by atoms with Crippen LogP contribution in [0.2, 0.25) is 0 Å². The number of benzene rings is 2. The van der Waals surface area contributed by atoms with E-state index in [1.54, 1.807) is 6.07 Å². The Morgan fingerprint density at radius 1 is 0.926 bits per heavy atom. The number of halogens is 3. The van der Waals surface area contributed by atoms with Gasteiger partial charge in [-0.15, -0.1) is 0 Å². The average Bonchev–Trinajstić information content (AvgIpc) is 3.47. The van der Waals surface area contributed by atoms with E-state index in [2.05, 4.69) is 22.3 Å². The molecule has 0 unspecified atom stereocenters. The molecule has 144 valence electrons. The van der Waals surface area contributed by atoms with Gasteiger partial charge in [0.05, 0.1) is 5.56 Å². The number of rotatable bonds is 5. The molecule has 1 saturated carbocycles. The topological polar surface area (TPSA) is 15.3 Å². The number of hydrogen-bond donors (Lipinski definition) is 1. The standard InChI is InChI=1S/C22H25F3N2/c23-22(24,25)19-6-4-5-18(13-19)16-7-9-17(10-8-16)20-14-21(20)26-15-27-11-2-1-3-12-27/h4-10,13,20-21,26H,1-3,11-12,14-15H2/t20-,21+/m0/s1. The summed E-state index contributed by atoms with van der Waals surface area (Å²) < 4.78 is 38.7. The lowest BCUT2D eigenvalue weighted by molar-refractivity contribution is -0.137. The molecule has 2 aromatic rings. The second-order valence-electron chi connectivity index (χ2n) is 7.69. The van der Waals surface area contributed by atoms with Gasteiger partial charge in [-0.05, 0) is 61.2 Å². The van der Waals surface area contributed by atoms with Crippen LogP contribution in [0.15, 0.2) is 48.5 Å². The van der Waals surface area contributed by atoms with Crippen molar-refractivity contribution in [1.29, 1.82) is 0 Å². The Kier molecular flexibility index (Phi) is 5.24. The normalized spacial score (nSPS) is 23.4. The number of nitrogens with one attached hydrogen (secondary N) is 1. The third kappa shape index (κ3) is 4.53. The summed E-state index contributed by atoms with van der Waals surface area (Å²) in [5.74, 6) is 0.519. The lowest BCUT2D eigenvalue weighted by Gasteiger charge is -2.26. The van der Waals surface area contributed by atoms with Crippen LogP contribution in [0.3, 0.4) is 0 Å². The van der Waals surface area contributed by atoms with Gasteiger partial charge in [0.15, 0.2) is 0 Å². The molecule has 1 saturated heterocycles. The first-order chi connectivity index (χ1) is 13.0. The fourth-order valence-corrected chi connectivity index (χ4v) is 3.95. The monoisotopic (exact) mass is 374 g/mol. The molecule has 0 spiro atoms. The van der Waals surface area contributed by atoms with Gasteiger partial charge >= 0.3 is 6.18 Å². The molecule has 2 atom stereocenters. The lowest BCUT2D eigenvalue weighted by Crippen LogP contribution is -2.38. The first-order valence-electron chi connectivity index (χ1n) is 9.74. The molecule has 1 aliphatic heterocycles. The van der Waals surface area contributed by atoms with Crippen LogP contribution in [0, 0.1) is 0 Å². The van der Waals surface area contributed by atoms with Crippen molar-refractivity contribution >= 4 is 0 Å². The van der Waals surface area contributed by atoms with Gasteiger partial charge in [-0.1, -0.05) is 42.8 Å². The minimum Gasteiger partial charge on any atom is -0.301 e. The fraction of sp³-hybridized carbons (Fsp3) is 0.455. The Bertz CT molecular complexity index is 764. The SMILES string of the molecule is FC(F)(F)c1cccc(-c2ccc([C@@H]3C[C@H]3NCN3CCCCC3)cc2)c1. The van der Waals surface area contributed by atoms with E-state index in [0.717, 1.165) is 24.7 Å². The quantitative estimate of drug-likeness (QED) is 0.768. The number of nitrogens with zero attached hydrogens (tertiary/aromatic N) is 1. The first-order valence-corrected chi connectivity index (χ1v) is 9.74. The molecule has 2 aliphatic rings. The predicted octanol–water partition coefficient (Wildman–Crippen LogP) is 5.26. The Morgan fingerprint density at radius 2 is 1.67 bits per heavy atom. The van der Waals surface area contributed by atoms with E-state index in [0.29, 0.717) is 17.5 Å². The van der Waals surface area contributed by atoms with E-state index in [1.165, 1.54) is 50.0 Å². The van der Waals surface area contributed by atoms with Gasteiger partial charge in [0.25, 0.3) is 0 Å². The Labute approximate surface area is 158 Å². The van der Waals surface area contributed by atoms with E-state index in [-0.39, 0.29) is 0 Å². The van der Waals surface area contributed by atoms with Crippen LogP contribution in [0.1, 0.15) is 42.7 Å². The van der Waals surface area contributed by atoms with Gasteiger partial charge in [-0.3, -0.25) is 4.90 Å². The smallest absolute Gasteiger partial charge is 0.301 e. The predicted molar refractivity (Wildman–Crippen MR) is 101 cm³/mol. The maximum atomic E-state index is 12.9. The van der Waals surface area contributed by atoms with Crippen molar-refractivity contribution in [3.8, 4) is 11.1 Å². The third-order valence-electron chi connectivity index (χ3n) is 5.68. The van der Waals surface area contributed by atoms with E-state index < -0.39 is 11.7 Å². The van der Waals surface area contributed by atoms with Crippen LogP contribution in [0.5, 0.6) is 0 Å². The maximum Gasteiger partial charge on any atom is 0.416 e. The highest BCUT2D eigenvalue weighted by Crippen LogP contribution is 2.41. The zero-order valence-corrected chi connectivity index (χ0v) is 15.3. The highest BCUT2D eigenvalue weighted by molar-refractivity contribution is 5.65. The van der Waals surface area contributed by atoms with Crippen molar-refractivity contribution in [2.45, 2.75) is 43.8 Å². The molecule has 1 N–H and O–H groups in total. The first kappa shape index (κ1) is 18.5. The molecule has 1 aliphatic carbocycles. The Morgan fingerprint density at radius 3 is 2.37 bits per heavy atom. The number of hydrogen-bond acceptors (Lipinski definition) is 2. The van der Waals surface area contributed by atoms with Crippen molar-refractivity contribution in [3.05, 3.63) is 59.7 Å². The van der Waals surface area contributed by atoms with Gasteiger partial charge in [0, 0.05) is 18.6 Å². The number of alkyl halides is 3. The highest BCUT2D eigenvalue weighted by Gasteiger charge is 2.38. The van der Waals surface area contributed by atoms with Crippen LogP contribution < -0.4 is 5.32 Å². The molecule has 1 heterocycles. The molecule has 0 amide bonds. The lowest BCUT2D eigenvalue weighted by atomic mass is 10.0. The molecule has 4 rings (SSSR count). The van der Waals surface area contributed by atoms with Crippen LogP contribution in [0.4, 0.5) is 13.2 Å². The van der Waals surface area contributed by atoms with E-state index in [9.17, 15) is 13.2 Å². The maximum absolute atomic E-state index is 12.9. The minimum atomic E-state index is -4.31. The summed E-state index contributed by atoms with van der Waals surface area (Å²) in [5, 5.41) is 3.65. The minimum absolute atomic E-state index is 0.519. The summed E-state index contributed by atoms with van der Waals surface area (Å²) in [4.78, 5) is 2.48. The van der Waals surface area contributed by atoms with Crippen molar-refractivity contribution < 1.29 is 13.2 Å². The molecule has 0 bridgehead atoms. The van der Waals surface area contributed by atoms with Crippen molar-refractivity contribution in [3.63, 3.8) is 0 Å². The van der Waals surface area contributed by atoms with Crippen LogP contribution in [0.25, 0.3) is 11.1 Å². The van der Waals surface area contributed by atoms with E-state index in [1.807, 2.05) is 12.1 Å². The summed E-state index contributed by atoms with van der Waals surface area (Å²) in [6.45, 7) is 3.34. The average molecular weight is 374 g/mol. The Balaban J connectivity index is 1.36. The second-order valence-corrected chi connectivity index (χ2v) is 7.69. The van der Waals surface area contributed by atoms with Gasteiger partial charge in [0.1, 0.15) is 0 Å². The molecule has 2 nitrogen and oxygen atoms in total. The molecule has 0 aromatic heterocycles. The summed E-state index contributed by atoms with van der Waals surface area (Å²) >= 11 is 0. The van der Waals surface area contributed by atoms with E-state index >= 15 is 0 Å². The number of likely N-dealkylation sites (tertiary alicyclic amines) is 1.